The van der Waals surface area contributed by atoms with Gasteiger partial charge in [0.15, 0.2) is 0 Å². The molecule has 0 aliphatic rings. The van der Waals surface area contributed by atoms with E-state index in [-0.39, 0.29) is 5.75 Å². The van der Waals surface area contributed by atoms with E-state index in [4.69, 9.17) is 0 Å². The largest absolute Gasteiger partial charge is 0.573 e. The van der Waals surface area contributed by atoms with E-state index in [2.05, 4.69) is 4.74 Å². The molecule has 0 bridgehead atoms. The Morgan fingerprint density at radius 3 is 2.67 bits per heavy atom. The van der Waals surface area contributed by atoms with Crippen LogP contribution in [0, 0.1) is 0 Å². The van der Waals surface area contributed by atoms with Gasteiger partial charge in [0.1, 0.15) is 5.75 Å². The lowest BCUT2D eigenvalue weighted by Gasteiger charge is -2.08. The van der Waals surface area contributed by atoms with Crippen LogP contribution < -0.4 is 4.74 Å². The van der Waals surface area contributed by atoms with Crippen LogP contribution in [0.25, 0.3) is 6.08 Å². The van der Waals surface area contributed by atoms with Crippen LogP contribution in [0.15, 0.2) is 30.3 Å². The zero-order chi connectivity index (χ0) is 11.3. The van der Waals surface area contributed by atoms with Gasteiger partial charge in [-0.15, -0.1) is 13.2 Å². The topological polar surface area (TPSA) is 9.23 Å². The molecule has 0 spiro atoms. The maximum absolute atomic E-state index is 11.9. The van der Waals surface area contributed by atoms with Crippen molar-refractivity contribution in [2.45, 2.75) is 19.7 Å². The van der Waals surface area contributed by atoms with Gasteiger partial charge in [-0.3, -0.25) is 0 Å². The summed E-state index contributed by atoms with van der Waals surface area (Å²) in [4.78, 5) is 0. The van der Waals surface area contributed by atoms with Crippen molar-refractivity contribution < 1.29 is 17.9 Å². The molecule has 4 heteroatoms. The number of hydrogen-bond donors (Lipinski definition) is 0. The highest BCUT2D eigenvalue weighted by Gasteiger charge is 2.30. The Hall–Kier alpha value is -1.45. The first kappa shape index (κ1) is 11.6. The molecular weight excluding hydrogens is 205 g/mol. The third kappa shape index (κ3) is 4.54. The van der Waals surface area contributed by atoms with Gasteiger partial charge in [-0.05, 0) is 24.1 Å². The molecule has 1 nitrogen and oxygen atoms in total. The first-order valence-electron chi connectivity index (χ1n) is 4.53. The molecule has 0 saturated heterocycles. The predicted octanol–water partition coefficient (Wildman–Crippen LogP) is 4.01. The summed E-state index contributed by atoms with van der Waals surface area (Å²) in [6, 6.07) is 5.86. The average molecular weight is 216 g/mol. The fourth-order valence-corrected chi connectivity index (χ4v) is 1.07. The SMILES string of the molecule is CC/C=C/c1cccc(OC(F)(F)F)c1. The molecule has 0 atom stereocenters. The van der Waals surface area contributed by atoms with E-state index in [1.807, 2.05) is 13.0 Å². The van der Waals surface area contributed by atoms with Gasteiger partial charge in [0.2, 0.25) is 0 Å². The highest BCUT2D eigenvalue weighted by Crippen LogP contribution is 2.23. The number of benzene rings is 1. The molecule has 0 N–H and O–H groups in total. The first-order valence-corrected chi connectivity index (χ1v) is 4.53. The van der Waals surface area contributed by atoms with Gasteiger partial charge in [0.25, 0.3) is 0 Å². The number of alkyl halides is 3. The molecule has 82 valence electrons. The molecule has 0 aliphatic heterocycles. The van der Waals surface area contributed by atoms with E-state index in [0.717, 1.165) is 6.42 Å². The van der Waals surface area contributed by atoms with E-state index in [0.29, 0.717) is 5.56 Å². The fraction of sp³-hybridized carbons (Fsp3) is 0.273. The number of hydrogen-bond acceptors (Lipinski definition) is 1. The van der Waals surface area contributed by atoms with Crippen LogP contribution in [0.2, 0.25) is 0 Å². The second-order valence-electron chi connectivity index (χ2n) is 2.93. The molecule has 0 fully saturated rings. The van der Waals surface area contributed by atoms with Crippen molar-refractivity contribution in [2.24, 2.45) is 0 Å². The van der Waals surface area contributed by atoms with Crippen molar-refractivity contribution in [3.8, 4) is 5.75 Å². The van der Waals surface area contributed by atoms with Crippen LogP contribution >= 0.6 is 0 Å². The number of ether oxygens (including phenoxy) is 1. The lowest BCUT2D eigenvalue weighted by molar-refractivity contribution is -0.274. The van der Waals surface area contributed by atoms with Crippen molar-refractivity contribution in [3.63, 3.8) is 0 Å². The van der Waals surface area contributed by atoms with Crippen LogP contribution in [0.4, 0.5) is 13.2 Å². The van der Waals surface area contributed by atoms with Gasteiger partial charge < -0.3 is 4.74 Å². The van der Waals surface area contributed by atoms with Crippen molar-refractivity contribution in [1.29, 1.82) is 0 Å². The fourth-order valence-electron chi connectivity index (χ4n) is 1.07. The Kier molecular flexibility index (Phi) is 3.77. The molecule has 0 radical (unpaired) electrons. The zero-order valence-electron chi connectivity index (χ0n) is 8.21. The maximum atomic E-state index is 11.9. The lowest BCUT2D eigenvalue weighted by atomic mass is 10.2. The summed E-state index contributed by atoms with van der Waals surface area (Å²) in [7, 11) is 0. The smallest absolute Gasteiger partial charge is 0.406 e. The Labute approximate surface area is 86.2 Å². The van der Waals surface area contributed by atoms with Crippen molar-refractivity contribution >= 4 is 6.08 Å². The van der Waals surface area contributed by atoms with Gasteiger partial charge in [-0.1, -0.05) is 31.2 Å². The van der Waals surface area contributed by atoms with Gasteiger partial charge >= 0.3 is 6.36 Å². The summed E-state index contributed by atoms with van der Waals surface area (Å²) < 4.78 is 39.4. The molecule has 1 rings (SSSR count). The van der Waals surface area contributed by atoms with Gasteiger partial charge in [0.05, 0.1) is 0 Å². The van der Waals surface area contributed by atoms with E-state index in [9.17, 15) is 13.2 Å². The van der Waals surface area contributed by atoms with Gasteiger partial charge in [-0.2, -0.15) is 0 Å². The number of halogens is 3. The second kappa shape index (κ2) is 4.87. The number of rotatable bonds is 3. The predicted molar refractivity (Wildman–Crippen MR) is 52.5 cm³/mol. The van der Waals surface area contributed by atoms with Crippen LogP contribution in [-0.4, -0.2) is 6.36 Å². The Bertz CT molecular complexity index is 342. The van der Waals surface area contributed by atoms with Crippen LogP contribution in [0.1, 0.15) is 18.9 Å². The molecule has 1 aromatic carbocycles. The molecule has 0 saturated carbocycles. The van der Waals surface area contributed by atoms with E-state index in [1.165, 1.54) is 18.2 Å². The molecular formula is C11H11F3O. The Morgan fingerprint density at radius 2 is 2.07 bits per heavy atom. The van der Waals surface area contributed by atoms with Crippen molar-refractivity contribution in [1.82, 2.24) is 0 Å². The maximum Gasteiger partial charge on any atom is 0.573 e. The standard InChI is InChI=1S/C11H11F3O/c1-2-3-5-9-6-4-7-10(8-9)15-11(12,13)14/h3-8H,2H2,1H3/b5-3+. The normalized spacial score (nSPS) is 12.0. The van der Waals surface area contributed by atoms with Crippen molar-refractivity contribution in [2.75, 3.05) is 0 Å². The monoisotopic (exact) mass is 216 g/mol. The molecule has 0 unspecified atom stereocenters. The highest BCUT2D eigenvalue weighted by molar-refractivity contribution is 5.51. The molecule has 1 aromatic rings. The summed E-state index contributed by atoms with van der Waals surface area (Å²) in [5, 5.41) is 0. The second-order valence-corrected chi connectivity index (χ2v) is 2.93. The molecule has 0 aromatic heterocycles. The summed E-state index contributed by atoms with van der Waals surface area (Å²) in [6.45, 7) is 1.95. The third-order valence-corrected chi connectivity index (χ3v) is 1.64. The van der Waals surface area contributed by atoms with Crippen LogP contribution in [0.3, 0.4) is 0 Å². The molecule has 0 heterocycles. The van der Waals surface area contributed by atoms with Crippen LogP contribution in [-0.2, 0) is 0 Å². The zero-order valence-corrected chi connectivity index (χ0v) is 8.21. The van der Waals surface area contributed by atoms with Crippen LogP contribution in [0.5, 0.6) is 5.75 Å². The minimum absolute atomic E-state index is 0.194. The molecule has 15 heavy (non-hydrogen) atoms. The minimum atomic E-state index is -4.63. The summed E-state index contributed by atoms with van der Waals surface area (Å²) in [5.41, 5.74) is 0.693. The highest BCUT2D eigenvalue weighted by atomic mass is 19.4. The van der Waals surface area contributed by atoms with Crippen molar-refractivity contribution in [3.05, 3.63) is 35.9 Å². The summed E-state index contributed by atoms with van der Waals surface area (Å²) >= 11 is 0. The van der Waals surface area contributed by atoms with Gasteiger partial charge in [-0.25, -0.2) is 0 Å². The number of allylic oxidation sites excluding steroid dienone is 1. The van der Waals surface area contributed by atoms with E-state index in [1.54, 1.807) is 12.1 Å². The lowest BCUT2D eigenvalue weighted by Crippen LogP contribution is -2.17. The Balaban J connectivity index is 2.79. The quantitative estimate of drug-likeness (QED) is 0.741. The first-order chi connectivity index (χ1) is 7.01. The Morgan fingerprint density at radius 1 is 1.33 bits per heavy atom. The minimum Gasteiger partial charge on any atom is -0.406 e. The summed E-state index contributed by atoms with van der Waals surface area (Å²) in [5.74, 6) is -0.194. The van der Waals surface area contributed by atoms with Gasteiger partial charge in [0, 0.05) is 0 Å². The summed E-state index contributed by atoms with van der Waals surface area (Å²) in [6.07, 6.45) is -0.173. The third-order valence-electron chi connectivity index (χ3n) is 1.64. The van der Waals surface area contributed by atoms with E-state index >= 15 is 0 Å². The van der Waals surface area contributed by atoms with E-state index < -0.39 is 6.36 Å². The molecule has 0 amide bonds. The molecule has 0 aliphatic carbocycles. The average Bonchev–Trinajstić information content (AvgIpc) is 2.12.